The number of rotatable bonds is 2. The van der Waals surface area contributed by atoms with Crippen LogP contribution in [0.5, 0.6) is 0 Å². The van der Waals surface area contributed by atoms with E-state index >= 15 is 0 Å². The molecule has 13 heavy (non-hydrogen) atoms. The van der Waals surface area contributed by atoms with Crippen molar-refractivity contribution in [3.8, 4) is 0 Å². The lowest BCUT2D eigenvalue weighted by molar-refractivity contribution is -0.0993. The van der Waals surface area contributed by atoms with Gasteiger partial charge in [0.05, 0.1) is 5.56 Å². The van der Waals surface area contributed by atoms with Crippen molar-refractivity contribution in [3.05, 3.63) is 29.6 Å². The first-order chi connectivity index (χ1) is 6.33. The molecule has 0 radical (unpaired) electrons. The molecule has 1 aliphatic heterocycles. The van der Waals surface area contributed by atoms with E-state index in [0.717, 1.165) is 0 Å². The Morgan fingerprint density at radius 1 is 1.69 bits per heavy atom. The smallest absolute Gasteiger partial charge is 0.360 e. The fourth-order valence-corrected chi connectivity index (χ4v) is 1.27. The topological polar surface area (TPSA) is 48.4 Å². The molecule has 0 fully saturated rings. The summed E-state index contributed by atoms with van der Waals surface area (Å²) >= 11 is 0. The third-order valence-corrected chi connectivity index (χ3v) is 1.82. The van der Waals surface area contributed by atoms with Crippen LogP contribution in [0, 0.1) is 0 Å². The maximum absolute atomic E-state index is 11.2. The molecule has 0 saturated carbocycles. The minimum absolute atomic E-state index is 0.362. The van der Waals surface area contributed by atoms with E-state index in [4.69, 9.17) is 9.47 Å². The number of pyridine rings is 1. The predicted molar refractivity (Wildman–Crippen MR) is 44.0 cm³/mol. The van der Waals surface area contributed by atoms with E-state index in [1.807, 2.05) is 6.92 Å². The molecule has 4 nitrogen and oxygen atoms in total. The summed E-state index contributed by atoms with van der Waals surface area (Å²) < 4.78 is 10.2. The summed E-state index contributed by atoms with van der Waals surface area (Å²) in [5.41, 5.74) is 1.08. The molecular formula is C9H9NO3. The number of cyclic esters (lactones) is 1. The van der Waals surface area contributed by atoms with Gasteiger partial charge < -0.3 is 9.47 Å². The molecule has 0 aliphatic carbocycles. The highest BCUT2D eigenvalue weighted by Crippen LogP contribution is 2.29. The number of ether oxygens (including phenoxy) is 2. The molecule has 1 atom stereocenters. The fourth-order valence-electron chi connectivity index (χ4n) is 1.27. The van der Waals surface area contributed by atoms with Crippen LogP contribution in [-0.4, -0.2) is 17.6 Å². The van der Waals surface area contributed by atoms with Crippen LogP contribution in [-0.2, 0) is 9.47 Å². The van der Waals surface area contributed by atoms with Gasteiger partial charge in [0.2, 0.25) is 6.29 Å². The number of hydrogen-bond donors (Lipinski definition) is 0. The van der Waals surface area contributed by atoms with E-state index < -0.39 is 12.3 Å². The van der Waals surface area contributed by atoms with Gasteiger partial charge in [0, 0.05) is 12.8 Å². The third kappa shape index (κ3) is 1.29. The normalized spacial score (nSPS) is 19.8. The number of esters is 1. The molecule has 4 heteroatoms. The first kappa shape index (κ1) is 8.19. The molecular weight excluding hydrogens is 170 g/mol. The van der Waals surface area contributed by atoms with Gasteiger partial charge in [-0.3, -0.25) is 0 Å². The van der Waals surface area contributed by atoms with Crippen LogP contribution in [0.4, 0.5) is 0 Å². The van der Waals surface area contributed by atoms with Crippen LogP contribution in [0.1, 0.15) is 29.3 Å². The average molecular weight is 179 g/mol. The highest BCUT2D eigenvalue weighted by atomic mass is 16.7. The fraction of sp³-hybridized carbons (Fsp3) is 0.333. The summed E-state index contributed by atoms with van der Waals surface area (Å²) in [6, 6.07) is 3.54. The van der Waals surface area contributed by atoms with Gasteiger partial charge in [-0.15, -0.1) is 0 Å². The second-order valence-electron chi connectivity index (χ2n) is 2.63. The minimum Gasteiger partial charge on any atom is -0.426 e. The van der Waals surface area contributed by atoms with Crippen molar-refractivity contribution >= 4 is 5.97 Å². The zero-order chi connectivity index (χ0) is 9.26. The zero-order valence-corrected chi connectivity index (χ0v) is 7.19. The summed E-state index contributed by atoms with van der Waals surface area (Å²) in [6.07, 6.45) is 0.996. The largest absolute Gasteiger partial charge is 0.426 e. The summed E-state index contributed by atoms with van der Waals surface area (Å²) in [5.74, 6) is -0.408. The standard InChI is InChI=1S/C9H9NO3/c1-2-12-9-6-4-3-5-10-7(6)8(11)13-9/h3-5,9H,2H2,1H3/t9-/m1/s1. The average Bonchev–Trinajstić information content (AvgIpc) is 2.46. The van der Waals surface area contributed by atoms with Crippen LogP contribution in [0.25, 0.3) is 0 Å². The molecule has 0 amide bonds. The third-order valence-electron chi connectivity index (χ3n) is 1.82. The van der Waals surface area contributed by atoms with Crippen molar-refractivity contribution in [2.45, 2.75) is 13.2 Å². The van der Waals surface area contributed by atoms with Gasteiger partial charge in [-0.2, -0.15) is 0 Å². The summed E-state index contributed by atoms with van der Waals surface area (Å²) in [6.45, 7) is 2.36. The van der Waals surface area contributed by atoms with Crippen molar-refractivity contribution < 1.29 is 14.3 Å². The number of nitrogens with zero attached hydrogens (tertiary/aromatic N) is 1. The van der Waals surface area contributed by atoms with Gasteiger partial charge in [-0.05, 0) is 19.1 Å². The summed E-state index contributed by atoms with van der Waals surface area (Å²) in [5, 5.41) is 0. The quantitative estimate of drug-likeness (QED) is 0.642. The van der Waals surface area contributed by atoms with Crippen molar-refractivity contribution in [3.63, 3.8) is 0 Å². The molecule has 1 aromatic rings. The van der Waals surface area contributed by atoms with E-state index in [2.05, 4.69) is 4.98 Å². The number of fused-ring (bicyclic) bond motifs is 1. The van der Waals surface area contributed by atoms with Crippen molar-refractivity contribution in [1.82, 2.24) is 4.98 Å². The molecule has 2 rings (SSSR count). The van der Waals surface area contributed by atoms with Gasteiger partial charge in [-0.25, -0.2) is 9.78 Å². The predicted octanol–water partition coefficient (Wildman–Crippen LogP) is 1.29. The van der Waals surface area contributed by atoms with E-state index in [-0.39, 0.29) is 0 Å². The Hall–Kier alpha value is -1.42. The second kappa shape index (κ2) is 3.14. The molecule has 1 aromatic heterocycles. The van der Waals surface area contributed by atoms with E-state index in [1.165, 1.54) is 0 Å². The minimum atomic E-state index is -0.568. The van der Waals surface area contributed by atoms with Crippen LogP contribution < -0.4 is 0 Å². The molecule has 68 valence electrons. The number of carbonyl (C=O) groups is 1. The van der Waals surface area contributed by atoms with Gasteiger partial charge >= 0.3 is 5.97 Å². The summed E-state index contributed by atoms with van der Waals surface area (Å²) in [7, 11) is 0. The lowest BCUT2D eigenvalue weighted by atomic mass is 10.2. The highest BCUT2D eigenvalue weighted by molar-refractivity contribution is 5.91. The van der Waals surface area contributed by atoms with Crippen molar-refractivity contribution in [1.29, 1.82) is 0 Å². The Morgan fingerprint density at radius 3 is 3.31 bits per heavy atom. The van der Waals surface area contributed by atoms with Gasteiger partial charge in [0.1, 0.15) is 0 Å². The summed E-state index contributed by atoms with van der Waals surface area (Å²) in [4.78, 5) is 15.1. The first-order valence-electron chi connectivity index (χ1n) is 4.10. The van der Waals surface area contributed by atoms with Gasteiger partial charge in [0.25, 0.3) is 0 Å². The second-order valence-corrected chi connectivity index (χ2v) is 2.63. The van der Waals surface area contributed by atoms with Crippen LogP contribution in [0.2, 0.25) is 0 Å². The maximum Gasteiger partial charge on any atom is 0.360 e. The van der Waals surface area contributed by atoms with E-state index in [0.29, 0.717) is 17.9 Å². The Balaban J connectivity index is 2.36. The van der Waals surface area contributed by atoms with Crippen LogP contribution >= 0.6 is 0 Å². The molecule has 2 heterocycles. The molecule has 0 N–H and O–H groups in total. The van der Waals surface area contributed by atoms with Gasteiger partial charge in [0.15, 0.2) is 5.69 Å². The molecule has 0 unspecified atom stereocenters. The Kier molecular flexibility index (Phi) is 1.98. The number of carbonyl (C=O) groups excluding carboxylic acids is 1. The Labute approximate surface area is 75.5 Å². The van der Waals surface area contributed by atoms with E-state index in [1.54, 1.807) is 18.3 Å². The number of aromatic nitrogens is 1. The molecule has 0 aromatic carbocycles. The van der Waals surface area contributed by atoms with Crippen molar-refractivity contribution in [2.24, 2.45) is 0 Å². The molecule has 1 aliphatic rings. The van der Waals surface area contributed by atoms with Crippen molar-refractivity contribution in [2.75, 3.05) is 6.61 Å². The highest BCUT2D eigenvalue weighted by Gasteiger charge is 2.32. The number of hydrogen-bond acceptors (Lipinski definition) is 4. The molecule has 0 bridgehead atoms. The van der Waals surface area contributed by atoms with Crippen LogP contribution in [0.15, 0.2) is 18.3 Å². The zero-order valence-electron chi connectivity index (χ0n) is 7.19. The van der Waals surface area contributed by atoms with Gasteiger partial charge in [-0.1, -0.05) is 0 Å². The molecule has 0 spiro atoms. The lowest BCUT2D eigenvalue weighted by Crippen LogP contribution is -2.03. The molecule has 0 saturated heterocycles. The van der Waals surface area contributed by atoms with E-state index in [9.17, 15) is 4.79 Å². The maximum atomic E-state index is 11.2. The van der Waals surface area contributed by atoms with Crippen LogP contribution in [0.3, 0.4) is 0 Å². The SMILES string of the molecule is CCO[C@@H]1OC(=O)c2ncccc21. The monoisotopic (exact) mass is 179 g/mol. The Morgan fingerprint density at radius 2 is 2.54 bits per heavy atom. The lowest BCUT2D eigenvalue weighted by Gasteiger charge is -2.08. The Bertz CT molecular complexity index is 337. The first-order valence-corrected chi connectivity index (χ1v) is 4.10.